The van der Waals surface area contributed by atoms with Crippen molar-refractivity contribution in [2.24, 2.45) is 0 Å². The van der Waals surface area contributed by atoms with E-state index in [4.69, 9.17) is 32.2 Å². The number of ether oxygens (including phenoxy) is 2. The van der Waals surface area contributed by atoms with Gasteiger partial charge in [-0.1, -0.05) is 6.07 Å². The number of carbonyl (C=O) groups excluding carboxylic acids is 1. The Morgan fingerprint density at radius 1 is 1.16 bits per heavy atom. The Hall–Kier alpha value is -3.50. The molecule has 2 unspecified atom stereocenters. The zero-order chi connectivity index (χ0) is 23.0. The largest absolute Gasteiger partial charge is 0.489 e. The molecular formula is C21H12F4N2O3S. The van der Waals surface area contributed by atoms with Crippen molar-refractivity contribution < 1.29 is 31.8 Å². The maximum Gasteiger partial charge on any atom is 0.417 e. The average Bonchev–Trinajstić information content (AvgIpc) is 2.94. The first-order chi connectivity index (χ1) is 14.5. The summed E-state index contributed by atoms with van der Waals surface area (Å²) < 4.78 is 64.4. The fourth-order valence-corrected chi connectivity index (χ4v) is 3.53. The van der Waals surface area contributed by atoms with Crippen molar-refractivity contribution in [3.05, 3.63) is 64.5 Å². The van der Waals surface area contributed by atoms with E-state index >= 15 is 0 Å². The minimum atomic E-state index is -4.79. The third-order valence-electron chi connectivity index (χ3n) is 4.72. The second-order valence-corrected chi connectivity index (χ2v) is 7.31. The van der Waals surface area contributed by atoms with Gasteiger partial charge in [0.05, 0.1) is 22.8 Å². The zero-order valence-electron chi connectivity index (χ0n) is 15.8. The van der Waals surface area contributed by atoms with Crippen LogP contribution in [-0.4, -0.2) is 23.0 Å². The highest BCUT2D eigenvalue weighted by atomic mass is 32.1. The van der Waals surface area contributed by atoms with Gasteiger partial charge in [0.2, 0.25) is 0 Å². The Labute approximate surface area is 179 Å². The fraction of sp³-hybridized carbons (Fsp3) is 0.238. The van der Waals surface area contributed by atoms with Crippen molar-refractivity contribution in [3.63, 3.8) is 0 Å². The third kappa shape index (κ3) is 4.21. The molecule has 0 saturated carbocycles. The topological polar surface area (TPSA) is 83.1 Å². The third-order valence-corrected chi connectivity index (χ3v) is 5.04. The van der Waals surface area contributed by atoms with Gasteiger partial charge in [0.1, 0.15) is 30.2 Å². The molecule has 0 spiro atoms. The number of nitrogens with zero attached hydrogens (tertiary/aromatic N) is 2. The Bertz CT molecular complexity index is 1170. The maximum absolute atomic E-state index is 13.7. The molecular weight excluding hydrogens is 436 g/mol. The van der Waals surface area contributed by atoms with Crippen molar-refractivity contribution in [3.8, 4) is 17.9 Å². The summed E-state index contributed by atoms with van der Waals surface area (Å²) in [5.74, 6) is -2.68. The number of nitriles is 2. The number of ketones is 1. The summed E-state index contributed by atoms with van der Waals surface area (Å²) in [7, 11) is 0. The van der Waals surface area contributed by atoms with Crippen LogP contribution in [0.1, 0.15) is 35.1 Å². The number of rotatable bonds is 4. The molecule has 0 radical (unpaired) electrons. The summed E-state index contributed by atoms with van der Waals surface area (Å²) in [5, 5.41) is 17.4. The second-order valence-electron chi connectivity index (χ2n) is 6.91. The quantitative estimate of drug-likeness (QED) is 0.508. The molecule has 1 saturated heterocycles. The van der Waals surface area contributed by atoms with Gasteiger partial charge in [-0.05, 0) is 49.0 Å². The molecule has 31 heavy (non-hydrogen) atoms. The lowest BCUT2D eigenvalue weighted by Crippen LogP contribution is -2.40. The molecule has 1 aliphatic rings. The molecule has 1 fully saturated rings. The number of alkyl halides is 3. The van der Waals surface area contributed by atoms with Gasteiger partial charge in [-0.25, -0.2) is 4.39 Å². The van der Waals surface area contributed by atoms with Crippen LogP contribution in [0.5, 0.6) is 5.75 Å². The van der Waals surface area contributed by atoms with Crippen LogP contribution in [0.2, 0.25) is 0 Å². The maximum atomic E-state index is 13.7. The molecule has 0 amide bonds. The molecule has 0 aliphatic carbocycles. The zero-order valence-corrected chi connectivity index (χ0v) is 16.6. The second kappa shape index (κ2) is 7.97. The van der Waals surface area contributed by atoms with Gasteiger partial charge in [0, 0.05) is 6.07 Å². The standard InChI is InChI=1S/C21H12F4N2O3S/c1-20(10-29-14-5-4-13(9-27)16(22)7-14)18(28)17(19(31)30-20)11-2-3-12(8-26)15(6-11)21(23,24)25/h2-7,17H,10H2,1H3. The predicted molar refractivity (Wildman–Crippen MR) is 103 cm³/mol. The van der Waals surface area contributed by atoms with E-state index in [1.807, 2.05) is 0 Å². The number of Topliss-reactive ketones (excluding diaryl/α,β-unsaturated/α-hetero) is 1. The van der Waals surface area contributed by atoms with Gasteiger partial charge in [-0.2, -0.15) is 23.7 Å². The number of halogens is 4. The SMILES string of the molecule is CC1(COc2ccc(C#N)c(F)c2)OC(=S)C(c2ccc(C#N)c(C(F)(F)F)c2)C1=O. The molecule has 3 rings (SSSR count). The van der Waals surface area contributed by atoms with E-state index in [1.165, 1.54) is 31.2 Å². The first-order valence-electron chi connectivity index (χ1n) is 8.71. The molecule has 2 aromatic rings. The van der Waals surface area contributed by atoms with Gasteiger partial charge in [-0.3, -0.25) is 4.79 Å². The van der Waals surface area contributed by atoms with Crippen molar-refractivity contribution in [2.75, 3.05) is 6.61 Å². The van der Waals surface area contributed by atoms with Crippen LogP contribution in [0.3, 0.4) is 0 Å². The first kappa shape index (κ1) is 22.2. The molecule has 0 aromatic heterocycles. The van der Waals surface area contributed by atoms with Gasteiger partial charge >= 0.3 is 6.18 Å². The highest BCUT2D eigenvalue weighted by Gasteiger charge is 2.51. The van der Waals surface area contributed by atoms with Crippen LogP contribution in [-0.2, 0) is 15.7 Å². The van der Waals surface area contributed by atoms with Crippen LogP contribution in [0.15, 0.2) is 36.4 Å². The Morgan fingerprint density at radius 2 is 1.81 bits per heavy atom. The molecule has 1 heterocycles. The lowest BCUT2D eigenvalue weighted by Gasteiger charge is -2.22. The molecule has 158 valence electrons. The summed E-state index contributed by atoms with van der Waals surface area (Å²) in [6, 6.07) is 9.52. The monoisotopic (exact) mass is 448 g/mol. The number of hydrogen-bond donors (Lipinski definition) is 0. The fourth-order valence-electron chi connectivity index (χ4n) is 3.10. The Balaban J connectivity index is 1.86. The molecule has 0 N–H and O–H groups in total. The van der Waals surface area contributed by atoms with E-state index in [-0.39, 0.29) is 21.9 Å². The highest BCUT2D eigenvalue weighted by Crippen LogP contribution is 2.39. The summed E-state index contributed by atoms with van der Waals surface area (Å²) in [5.41, 5.74) is -3.63. The molecule has 2 aromatic carbocycles. The molecule has 1 aliphatic heterocycles. The van der Waals surface area contributed by atoms with Gasteiger partial charge in [0.15, 0.2) is 16.4 Å². The van der Waals surface area contributed by atoms with Gasteiger partial charge in [-0.15, -0.1) is 0 Å². The van der Waals surface area contributed by atoms with E-state index in [1.54, 1.807) is 6.07 Å². The highest BCUT2D eigenvalue weighted by molar-refractivity contribution is 7.80. The summed E-state index contributed by atoms with van der Waals surface area (Å²) >= 11 is 5.09. The van der Waals surface area contributed by atoms with E-state index in [2.05, 4.69) is 0 Å². The van der Waals surface area contributed by atoms with E-state index in [0.29, 0.717) is 6.07 Å². The summed E-state index contributed by atoms with van der Waals surface area (Å²) in [6.45, 7) is 0.964. The number of hydrogen-bond acceptors (Lipinski definition) is 6. The lowest BCUT2D eigenvalue weighted by atomic mass is 9.87. The van der Waals surface area contributed by atoms with E-state index < -0.39 is 47.0 Å². The van der Waals surface area contributed by atoms with Crippen LogP contribution in [0, 0.1) is 28.5 Å². The lowest BCUT2D eigenvalue weighted by molar-refractivity contribution is -0.138. The smallest absolute Gasteiger partial charge is 0.417 e. The Kier molecular flexibility index (Phi) is 5.70. The Morgan fingerprint density at radius 3 is 2.39 bits per heavy atom. The van der Waals surface area contributed by atoms with Gasteiger partial charge in [0.25, 0.3) is 0 Å². The van der Waals surface area contributed by atoms with Gasteiger partial charge < -0.3 is 9.47 Å². The number of benzene rings is 2. The summed E-state index contributed by atoms with van der Waals surface area (Å²) in [6.07, 6.45) is -4.79. The average molecular weight is 448 g/mol. The first-order valence-corrected chi connectivity index (χ1v) is 9.12. The molecule has 2 atom stereocenters. The molecule has 0 bridgehead atoms. The molecule has 10 heteroatoms. The van der Waals surface area contributed by atoms with Crippen molar-refractivity contribution >= 4 is 23.1 Å². The van der Waals surface area contributed by atoms with Crippen LogP contribution in [0.25, 0.3) is 0 Å². The van der Waals surface area contributed by atoms with Crippen LogP contribution in [0.4, 0.5) is 17.6 Å². The minimum Gasteiger partial charge on any atom is -0.489 e. The predicted octanol–water partition coefficient (Wildman–Crippen LogP) is 4.44. The molecule has 5 nitrogen and oxygen atoms in total. The summed E-state index contributed by atoms with van der Waals surface area (Å²) in [4.78, 5) is 13.0. The van der Waals surface area contributed by atoms with Crippen molar-refractivity contribution in [1.29, 1.82) is 10.5 Å². The number of carbonyl (C=O) groups is 1. The van der Waals surface area contributed by atoms with E-state index in [9.17, 15) is 22.4 Å². The minimum absolute atomic E-state index is 0.0289. The normalized spacial score (nSPS) is 20.7. The van der Waals surface area contributed by atoms with Crippen molar-refractivity contribution in [2.45, 2.75) is 24.6 Å². The van der Waals surface area contributed by atoms with E-state index in [0.717, 1.165) is 12.1 Å². The van der Waals surface area contributed by atoms with Crippen molar-refractivity contribution in [1.82, 2.24) is 0 Å². The van der Waals surface area contributed by atoms with Crippen LogP contribution < -0.4 is 4.74 Å². The number of thiocarbonyl (C=S) groups is 1. The van der Waals surface area contributed by atoms with Crippen LogP contribution >= 0.6 is 12.2 Å².